The molecule has 2 N–H and O–H groups in total. The standard InChI is InChI=1S/C29H21ClN4O4/c1-37-28(35)25-24(18-6-4-3-5-7-18)22(16-32)27(33)34(26(25)29(36)38-2)23-13-10-19(14-20(23)15-31)17-8-11-21(30)12-9-17/h3-14,24H,33H2,1-2H3. The minimum absolute atomic E-state index is 0.00919. The van der Waals surface area contributed by atoms with Crippen LogP contribution in [0, 0.1) is 22.7 Å². The number of hydrogen-bond acceptors (Lipinski definition) is 8. The monoisotopic (exact) mass is 524 g/mol. The van der Waals surface area contributed by atoms with Crippen LogP contribution in [-0.2, 0) is 19.1 Å². The van der Waals surface area contributed by atoms with Gasteiger partial charge in [-0.25, -0.2) is 9.59 Å². The van der Waals surface area contributed by atoms with Gasteiger partial charge < -0.3 is 15.2 Å². The number of carbonyl (C=O) groups excluding carboxylic acids is 2. The third-order valence-electron chi connectivity index (χ3n) is 6.15. The van der Waals surface area contributed by atoms with Crippen LogP contribution in [0.3, 0.4) is 0 Å². The van der Waals surface area contributed by atoms with Gasteiger partial charge in [-0.2, -0.15) is 10.5 Å². The number of hydrogen-bond donors (Lipinski definition) is 1. The minimum Gasteiger partial charge on any atom is -0.466 e. The molecule has 188 valence electrons. The van der Waals surface area contributed by atoms with Gasteiger partial charge in [-0.15, -0.1) is 0 Å². The average molecular weight is 525 g/mol. The summed E-state index contributed by atoms with van der Waals surface area (Å²) in [6, 6.07) is 24.9. The number of esters is 2. The van der Waals surface area contributed by atoms with Gasteiger partial charge in [0.25, 0.3) is 0 Å². The molecular formula is C29H21ClN4O4. The van der Waals surface area contributed by atoms with Crippen molar-refractivity contribution in [3.05, 3.63) is 112 Å². The number of carbonyl (C=O) groups is 2. The van der Waals surface area contributed by atoms with Crippen LogP contribution < -0.4 is 10.6 Å². The Morgan fingerprint density at radius 1 is 0.895 bits per heavy atom. The van der Waals surface area contributed by atoms with Crippen molar-refractivity contribution in [2.45, 2.75) is 5.92 Å². The Bertz CT molecular complexity index is 1560. The van der Waals surface area contributed by atoms with E-state index < -0.39 is 17.9 Å². The van der Waals surface area contributed by atoms with Crippen LogP contribution in [0.2, 0.25) is 5.02 Å². The maximum atomic E-state index is 13.2. The second-order valence-electron chi connectivity index (χ2n) is 8.19. The molecule has 1 aliphatic rings. The maximum absolute atomic E-state index is 13.2. The summed E-state index contributed by atoms with van der Waals surface area (Å²) < 4.78 is 10.1. The SMILES string of the molecule is COC(=O)C1=C(C(=O)OC)N(c2ccc(-c3ccc(Cl)cc3)cc2C#N)C(N)=C(C#N)C1c1ccccc1. The summed E-state index contributed by atoms with van der Waals surface area (Å²) in [6.07, 6.45) is 0. The second-order valence-corrected chi connectivity index (χ2v) is 8.62. The molecule has 8 nitrogen and oxygen atoms in total. The molecule has 0 saturated carbocycles. The first-order valence-corrected chi connectivity index (χ1v) is 11.7. The zero-order valence-corrected chi connectivity index (χ0v) is 21.2. The molecule has 0 bridgehead atoms. The van der Waals surface area contributed by atoms with Gasteiger partial charge in [0.1, 0.15) is 17.6 Å². The fourth-order valence-electron chi connectivity index (χ4n) is 4.41. The lowest BCUT2D eigenvalue weighted by atomic mass is 9.80. The van der Waals surface area contributed by atoms with E-state index in [1.807, 2.05) is 0 Å². The van der Waals surface area contributed by atoms with Crippen LogP contribution >= 0.6 is 11.6 Å². The normalized spacial score (nSPS) is 15.0. The van der Waals surface area contributed by atoms with Gasteiger partial charge in [0.05, 0.1) is 48.6 Å². The van der Waals surface area contributed by atoms with E-state index in [2.05, 4.69) is 12.1 Å². The highest BCUT2D eigenvalue weighted by Crippen LogP contribution is 2.44. The summed E-state index contributed by atoms with van der Waals surface area (Å²) in [5.41, 5.74) is 8.54. The lowest BCUT2D eigenvalue weighted by Gasteiger charge is -2.36. The molecular weight excluding hydrogens is 504 g/mol. The van der Waals surface area contributed by atoms with E-state index in [0.29, 0.717) is 16.1 Å². The molecule has 1 aliphatic heterocycles. The predicted octanol–water partition coefficient (Wildman–Crippen LogP) is 4.78. The molecule has 9 heteroatoms. The summed E-state index contributed by atoms with van der Waals surface area (Å²) in [5, 5.41) is 20.8. The van der Waals surface area contributed by atoms with E-state index in [1.54, 1.807) is 72.8 Å². The molecule has 1 heterocycles. The van der Waals surface area contributed by atoms with Gasteiger partial charge in [0.2, 0.25) is 0 Å². The number of nitriles is 2. The van der Waals surface area contributed by atoms with Crippen molar-refractivity contribution >= 4 is 29.2 Å². The van der Waals surface area contributed by atoms with Crippen molar-refractivity contribution in [3.63, 3.8) is 0 Å². The van der Waals surface area contributed by atoms with Crippen LogP contribution in [0.5, 0.6) is 0 Å². The van der Waals surface area contributed by atoms with Crippen molar-refractivity contribution in [1.29, 1.82) is 10.5 Å². The smallest absolute Gasteiger partial charge is 0.355 e. The first-order valence-electron chi connectivity index (χ1n) is 11.3. The largest absolute Gasteiger partial charge is 0.466 e. The van der Waals surface area contributed by atoms with Crippen molar-refractivity contribution in [2.75, 3.05) is 19.1 Å². The summed E-state index contributed by atoms with van der Waals surface area (Å²) in [4.78, 5) is 27.6. The molecule has 3 aromatic rings. The Morgan fingerprint density at radius 2 is 1.53 bits per heavy atom. The Balaban J connectivity index is 2.02. The van der Waals surface area contributed by atoms with E-state index in [1.165, 1.54) is 12.0 Å². The summed E-state index contributed by atoms with van der Waals surface area (Å²) in [5.74, 6) is -2.86. The van der Waals surface area contributed by atoms with Crippen molar-refractivity contribution in [2.24, 2.45) is 5.73 Å². The highest BCUT2D eigenvalue weighted by Gasteiger charge is 2.43. The number of ether oxygens (including phenoxy) is 2. The minimum atomic E-state index is -1.00. The molecule has 0 fully saturated rings. The molecule has 1 atom stereocenters. The molecule has 0 amide bonds. The van der Waals surface area contributed by atoms with E-state index in [9.17, 15) is 20.1 Å². The van der Waals surface area contributed by atoms with Gasteiger partial charge in [-0.3, -0.25) is 4.90 Å². The fourth-order valence-corrected chi connectivity index (χ4v) is 4.53. The van der Waals surface area contributed by atoms with Gasteiger partial charge in [0.15, 0.2) is 0 Å². The second kappa shape index (κ2) is 10.9. The van der Waals surface area contributed by atoms with E-state index in [4.69, 9.17) is 26.8 Å². The van der Waals surface area contributed by atoms with Crippen LogP contribution in [0.1, 0.15) is 17.0 Å². The highest BCUT2D eigenvalue weighted by molar-refractivity contribution is 6.30. The molecule has 3 aromatic carbocycles. The van der Waals surface area contributed by atoms with E-state index in [-0.39, 0.29) is 33.9 Å². The molecule has 0 radical (unpaired) electrons. The van der Waals surface area contributed by atoms with E-state index >= 15 is 0 Å². The van der Waals surface area contributed by atoms with E-state index in [0.717, 1.165) is 12.7 Å². The average Bonchev–Trinajstić information content (AvgIpc) is 2.96. The number of rotatable bonds is 5. The Morgan fingerprint density at radius 3 is 2.11 bits per heavy atom. The number of anilines is 1. The Labute approximate surface area is 224 Å². The third kappa shape index (κ3) is 4.57. The summed E-state index contributed by atoms with van der Waals surface area (Å²) >= 11 is 6.00. The molecule has 0 aliphatic carbocycles. The summed E-state index contributed by atoms with van der Waals surface area (Å²) in [6.45, 7) is 0. The Hall–Kier alpha value is -5.05. The number of nitrogens with zero attached hydrogens (tertiary/aromatic N) is 3. The quantitative estimate of drug-likeness (QED) is 0.472. The molecule has 0 aromatic heterocycles. The number of benzene rings is 3. The third-order valence-corrected chi connectivity index (χ3v) is 6.40. The van der Waals surface area contributed by atoms with Crippen molar-refractivity contribution in [3.8, 4) is 23.3 Å². The number of nitrogens with two attached hydrogens (primary N) is 1. The Kier molecular flexibility index (Phi) is 7.48. The van der Waals surface area contributed by atoms with Gasteiger partial charge in [-0.1, -0.05) is 60.1 Å². The molecule has 0 saturated heterocycles. The molecule has 0 spiro atoms. The summed E-state index contributed by atoms with van der Waals surface area (Å²) in [7, 11) is 2.33. The van der Waals surface area contributed by atoms with Gasteiger partial charge >= 0.3 is 11.9 Å². The predicted molar refractivity (Wildman–Crippen MR) is 141 cm³/mol. The van der Waals surface area contributed by atoms with Crippen LogP contribution in [0.25, 0.3) is 11.1 Å². The van der Waals surface area contributed by atoms with Crippen LogP contribution in [0.4, 0.5) is 5.69 Å². The van der Waals surface area contributed by atoms with Crippen LogP contribution in [0.15, 0.2) is 95.5 Å². The van der Waals surface area contributed by atoms with Crippen molar-refractivity contribution < 1.29 is 19.1 Å². The van der Waals surface area contributed by atoms with Gasteiger partial charge in [0, 0.05) is 5.02 Å². The number of methoxy groups -OCH3 is 2. The number of halogens is 1. The molecule has 4 rings (SSSR count). The molecule has 1 unspecified atom stereocenters. The van der Waals surface area contributed by atoms with Crippen molar-refractivity contribution in [1.82, 2.24) is 0 Å². The highest BCUT2D eigenvalue weighted by atomic mass is 35.5. The zero-order valence-electron chi connectivity index (χ0n) is 20.4. The first-order chi connectivity index (χ1) is 18.4. The lowest BCUT2D eigenvalue weighted by Crippen LogP contribution is -2.41. The zero-order chi connectivity index (χ0) is 27.4. The first kappa shape index (κ1) is 26.0. The topological polar surface area (TPSA) is 129 Å². The fraction of sp³-hybridized carbons (Fsp3) is 0.103. The molecule has 38 heavy (non-hydrogen) atoms. The maximum Gasteiger partial charge on any atom is 0.355 e. The lowest BCUT2D eigenvalue weighted by molar-refractivity contribution is -0.139. The van der Waals surface area contributed by atoms with Crippen LogP contribution in [-0.4, -0.2) is 26.2 Å². The number of allylic oxidation sites excluding steroid dienone is 1. The van der Waals surface area contributed by atoms with Gasteiger partial charge in [-0.05, 0) is 41.0 Å².